The molecule has 0 fully saturated rings. The molecule has 0 saturated heterocycles. The van der Waals surface area contributed by atoms with Crippen molar-refractivity contribution in [2.24, 2.45) is 0 Å². The van der Waals surface area contributed by atoms with E-state index in [-0.39, 0.29) is 28.3 Å². The molecule has 1 aromatic heterocycles. The highest BCUT2D eigenvalue weighted by Crippen LogP contribution is 2.28. The Labute approximate surface area is 167 Å². The van der Waals surface area contributed by atoms with Gasteiger partial charge in [0.05, 0.1) is 12.1 Å². The van der Waals surface area contributed by atoms with Crippen molar-refractivity contribution < 1.29 is 17.2 Å². The van der Waals surface area contributed by atoms with Gasteiger partial charge in [0.15, 0.2) is 5.82 Å². The zero-order valence-corrected chi connectivity index (χ0v) is 16.7. The van der Waals surface area contributed by atoms with E-state index in [9.17, 15) is 17.2 Å². The molecule has 0 atom stereocenters. The number of aromatic nitrogens is 2. The maximum Gasteiger partial charge on any atom is 0.228 e. The van der Waals surface area contributed by atoms with Crippen molar-refractivity contribution in [3.05, 3.63) is 83.4 Å². The van der Waals surface area contributed by atoms with E-state index in [2.05, 4.69) is 4.98 Å². The lowest BCUT2D eigenvalue weighted by atomic mass is 10.0. The Morgan fingerprint density at radius 1 is 0.966 bits per heavy atom. The molecule has 4 nitrogen and oxygen atoms in total. The Morgan fingerprint density at radius 3 is 2.21 bits per heavy atom. The van der Waals surface area contributed by atoms with Crippen LogP contribution in [0, 0.1) is 18.6 Å². The van der Waals surface area contributed by atoms with Crippen molar-refractivity contribution >= 4 is 20.9 Å². The van der Waals surface area contributed by atoms with Crippen LogP contribution in [0.3, 0.4) is 0 Å². The fourth-order valence-corrected chi connectivity index (χ4v) is 4.13. The van der Waals surface area contributed by atoms with E-state index < -0.39 is 21.5 Å². The Bertz CT molecular complexity index is 1310. The molecular weight excluding hydrogens is 394 g/mol. The number of imidazole rings is 1. The molecule has 0 bridgehead atoms. The van der Waals surface area contributed by atoms with E-state index in [0.717, 1.165) is 29.0 Å². The molecule has 29 heavy (non-hydrogen) atoms. The maximum absolute atomic E-state index is 14.5. The molecule has 0 amide bonds. The standard InChI is InChI=1S/C22H18F2N2O2S/c1-14-18(23)12-19-21(20(14)24)25-22(29(2,27)28)26(19)13-15-8-10-17(11-9-15)16-6-4-3-5-7-16/h3-12H,13H2,1-2H3. The van der Waals surface area contributed by atoms with E-state index in [1.165, 1.54) is 11.5 Å². The van der Waals surface area contributed by atoms with Gasteiger partial charge >= 0.3 is 0 Å². The first-order chi connectivity index (χ1) is 13.8. The molecule has 1 heterocycles. The number of sulfone groups is 1. The molecule has 3 aromatic carbocycles. The third kappa shape index (κ3) is 3.53. The zero-order chi connectivity index (χ0) is 20.8. The molecule has 148 valence electrons. The van der Waals surface area contributed by atoms with E-state index in [0.29, 0.717) is 0 Å². The lowest BCUT2D eigenvalue weighted by molar-refractivity contribution is 0.575. The van der Waals surface area contributed by atoms with Crippen LogP contribution in [-0.2, 0) is 16.4 Å². The predicted molar refractivity (Wildman–Crippen MR) is 108 cm³/mol. The topological polar surface area (TPSA) is 52.0 Å². The fraction of sp³-hybridized carbons (Fsp3) is 0.136. The largest absolute Gasteiger partial charge is 0.310 e. The summed E-state index contributed by atoms with van der Waals surface area (Å²) >= 11 is 0. The summed E-state index contributed by atoms with van der Waals surface area (Å²) in [4.78, 5) is 3.98. The molecule has 0 unspecified atom stereocenters. The summed E-state index contributed by atoms with van der Waals surface area (Å²) < 4.78 is 54.5. The highest BCUT2D eigenvalue weighted by Gasteiger charge is 2.23. The van der Waals surface area contributed by atoms with Crippen LogP contribution in [0.2, 0.25) is 0 Å². The quantitative estimate of drug-likeness (QED) is 0.486. The summed E-state index contributed by atoms with van der Waals surface area (Å²) in [5.41, 5.74) is 2.64. The molecule has 0 radical (unpaired) electrons. The van der Waals surface area contributed by atoms with Crippen molar-refractivity contribution in [1.82, 2.24) is 9.55 Å². The van der Waals surface area contributed by atoms with Gasteiger partial charge in [-0.2, -0.15) is 0 Å². The van der Waals surface area contributed by atoms with Gasteiger partial charge in [0.2, 0.25) is 15.0 Å². The van der Waals surface area contributed by atoms with E-state index in [1.54, 1.807) is 0 Å². The summed E-state index contributed by atoms with van der Waals surface area (Å²) in [6.07, 6.45) is 1.00. The average molecular weight is 412 g/mol. The minimum Gasteiger partial charge on any atom is -0.310 e. The van der Waals surface area contributed by atoms with E-state index in [4.69, 9.17) is 0 Å². The maximum atomic E-state index is 14.5. The molecular formula is C22H18F2N2O2S. The second-order valence-corrected chi connectivity index (χ2v) is 8.89. The van der Waals surface area contributed by atoms with Crippen LogP contribution in [0.4, 0.5) is 8.78 Å². The molecule has 0 aliphatic heterocycles. The van der Waals surface area contributed by atoms with Crippen molar-refractivity contribution in [3.63, 3.8) is 0 Å². The molecule has 0 aliphatic carbocycles. The van der Waals surface area contributed by atoms with Gasteiger partial charge in [0.25, 0.3) is 0 Å². The highest BCUT2D eigenvalue weighted by molar-refractivity contribution is 7.90. The lowest BCUT2D eigenvalue weighted by Gasteiger charge is -2.10. The summed E-state index contributed by atoms with van der Waals surface area (Å²) in [7, 11) is -3.75. The molecule has 0 saturated carbocycles. The number of nitrogens with zero attached hydrogens (tertiary/aromatic N) is 2. The van der Waals surface area contributed by atoms with Crippen LogP contribution in [0.5, 0.6) is 0 Å². The van der Waals surface area contributed by atoms with Gasteiger partial charge in [-0.3, -0.25) is 0 Å². The zero-order valence-electron chi connectivity index (χ0n) is 15.9. The lowest BCUT2D eigenvalue weighted by Crippen LogP contribution is -2.10. The molecule has 0 spiro atoms. The van der Waals surface area contributed by atoms with Gasteiger partial charge in [0.1, 0.15) is 11.3 Å². The van der Waals surface area contributed by atoms with E-state index in [1.807, 2.05) is 54.6 Å². The van der Waals surface area contributed by atoms with Crippen LogP contribution in [0.15, 0.2) is 65.8 Å². The molecule has 4 rings (SSSR count). The number of benzene rings is 3. The van der Waals surface area contributed by atoms with Gasteiger partial charge in [-0.1, -0.05) is 54.6 Å². The Kier molecular flexibility index (Phi) is 4.70. The monoisotopic (exact) mass is 412 g/mol. The minimum absolute atomic E-state index is 0.109. The van der Waals surface area contributed by atoms with Gasteiger partial charge < -0.3 is 4.57 Å². The van der Waals surface area contributed by atoms with Crippen LogP contribution >= 0.6 is 0 Å². The summed E-state index contributed by atoms with van der Waals surface area (Å²) in [5, 5.41) is -0.288. The number of fused-ring (bicyclic) bond motifs is 1. The molecule has 0 N–H and O–H groups in total. The molecule has 7 heteroatoms. The predicted octanol–water partition coefficient (Wildman–Crippen LogP) is 4.74. The minimum atomic E-state index is -3.75. The van der Waals surface area contributed by atoms with Gasteiger partial charge in [-0.25, -0.2) is 22.2 Å². The van der Waals surface area contributed by atoms with Crippen LogP contribution in [0.25, 0.3) is 22.2 Å². The summed E-state index contributed by atoms with van der Waals surface area (Å²) in [6.45, 7) is 1.42. The average Bonchev–Trinajstić information content (AvgIpc) is 3.06. The van der Waals surface area contributed by atoms with Crippen molar-refractivity contribution in [2.45, 2.75) is 18.6 Å². The number of rotatable bonds is 4. The third-order valence-corrected chi connectivity index (χ3v) is 5.84. The summed E-state index contributed by atoms with van der Waals surface area (Å²) in [5.74, 6) is -1.58. The second kappa shape index (κ2) is 7.08. The third-order valence-electron chi connectivity index (χ3n) is 4.86. The first kappa shape index (κ1) is 19.3. The fourth-order valence-electron chi connectivity index (χ4n) is 3.31. The Balaban J connectivity index is 1.81. The van der Waals surface area contributed by atoms with Crippen molar-refractivity contribution in [1.29, 1.82) is 0 Å². The van der Waals surface area contributed by atoms with Crippen LogP contribution in [-0.4, -0.2) is 24.2 Å². The number of hydrogen-bond acceptors (Lipinski definition) is 3. The summed E-state index contributed by atoms with van der Waals surface area (Å²) in [6, 6.07) is 18.5. The Hall–Kier alpha value is -3.06. The first-order valence-corrected chi connectivity index (χ1v) is 10.8. The highest BCUT2D eigenvalue weighted by atomic mass is 32.2. The smallest absolute Gasteiger partial charge is 0.228 e. The van der Waals surface area contributed by atoms with Crippen molar-refractivity contribution in [2.75, 3.05) is 6.26 Å². The second-order valence-electron chi connectivity index (χ2n) is 6.98. The van der Waals surface area contributed by atoms with Crippen LogP contribution < -0.4 is 0 Å². The first-order valence-electron chi connectivity index (χ1n) is 8.95. The van der Waals surface area contributed by atoms with E-state index >= 15 is 0 Å². The molecule has 0 aliphatic rings. The normalized spacial score (nSPS) is 11.9. The van der Waals surface area contributed by atoms with Gasteiger partial charge in [0, 0.05) is 17.9 Å². The van der Waals surface area contributed by atoms with Crippen molar-refractivity contribution in [3.8, 4) is 11.1 Å². The Morgan fingerprint density at radius 2 is 1.59 bits per heavy atom. The SMILES string of the molecule is Cc1c(F)cc2c(nc(S(C)(=O)=O)n2Cc2ccc(-c3ccccc3)cc2)c1F. The number of halogens is 2. The molecule has 4 aromatic rings. The number of hydrogen-bond donors (Lipinski definition) is 0. The van der Waals surface area contributed by atoms with Gasteiger partial charge in [-0.15, -0.1) is 0 Å². The van der Waals surface area contributed by atoms with Gasteiger partial charge in [-0.05, 0) is 23.6 Å². The van der Waals surface area contributed by atoms with Crippen LogP contribution in [0.1, 0.15) is 11.1 Å².